The van der Waals surface area contributed by atoms with Gasteiger partial charge < -0.3 is 14.8 Å². The van der Waals surface area contributed by atoms with Crippen molar-refractivity contribution in [2.45, 2.75) is 27.2 Å². The van der Waals surface area contributed by atoms with Crippen molar-refractivity contribution in [3.8, 4) is 5.75 Å². The summed E-state index contributed by atoms with van der Waals surface area (Å²) in [6.45, 7) is 5.72. The molecule has 0 saturated heterocycles. The summed E-state index contributed by atoms with van der Waals surface area (Å²) < 4.78 is 10.1. The van der Waals surface area contributed by atoms with Crippen molar-refractivity contribution in [1.82, 2.24) is 5.43 Å². The molecule has 0 aliphatic rings. The number of carbonyl (C=O) groups excluding carboxylic acids is 3. The number of carbonyl (C=O) groups is 3. The number of aryl methyl sites for hydroxylation is 2. The molecule has 0 spiro atoms. The van der Waals surface area contributed by atoms with Gasteiger partial charge in [0.05, 0.1) is 12.8 Å². The molecule has 2 rings (SSSR count). The lowest BCUT2D eigenvalue weighted by Crippen LogP contribution is -2.24. The number of amides is 2. The summed E-state index contributed by atoms with van der Waals surface area (Å²) in [4.78, 5) is 35.2. The lowest BCUT2D eigenvalue weighted by Gasteiger charge is -2.08. The first-order chi connectivity index (χ1) is 14.4. The molecule has 0 atom stereocenters. The molecule has 2 aromatic rings. The van der Waals surface area contributed by atoms with Gasteiger partial charge in [0, 0.05) is 5.69 Å². The molecule has 0 bridgehead atoms. The molecule has 0 saturated carbocycles. The van der Waals surface area contributed by atoms with E-state index in [0.29, 0.717) is 23.6 Å². The lowest BCUT2D eigenvalue weighted by molar-refractivity contribution is -0.145. The third-order valence-corrected chi connectivity index (χ3v) is 3.92. The first-order valence-electron chi connectivity index (χ1n) is 9.45. The van der Waals surface area contributed by atoms with E-state index in [1.54, 1.807) is 37.3 Å². The van der Waals surface area contributed by atoms with E-state index in [2.05, 4.69) is 15.8 Å². The van der Waals surface area contributed by atoms with E-state index in [9.17, 15) is 14.4 Å². The van der Waals surface area contributed by atoms with E-state index in [1.807, 2.05) is 26.0 Å². The monoisotopic (exact) mass is 411 g/mol. The fourth-order valence-electron chi connectivity index (χ4n) is 2.51. The molecule has 0 aromatic heterocycles. The van der Waals surface area contributed by atoms with E-state index in [0.717, 1.165) is 11.1 Å². The maximum atomic E-state index is 12.0. The van der Waals surface area contributed by atoms with Gasteiger partial charge in [0.25, 0.3) is 0 Å². The predicted octanol–water partition coefficient (Wildman–Crippen LogP) is 2.72. The van der Waals surface area contributed by atoms with Crippen molar-refractivity contribution in [1.29, 1.82) is 0 Å². The number of anilines is 1. The number of ether oxygens (including phenoxy) is 2. The van der Waals surface area contributed by atoms with E-state index < -0.39 is 17.8 Å². The minimum absolute atomic E-state index is 0.165. The van der Waals surface area contributed by atoms with Crippen LogP contribution in [0, 0.1) is 13.8 Å². The zero-order chi connectivity index (χ0) is 21.9. The highest BCUT2D eigenvalue weighted by molar-refractivity contribution is 6.04. The van der Waals surface area contributed by atoms with E-state index >= 15 is 0 Å². The van der Waals surface area contributed by atoms with Crippen LogP contribution in [0.4, 0.5) is 5.69 Å². The zero-order valence-corrected chi connectivity index (χ0v) is 17.2. The average Bonchev–Trinajstić information content (AvgIpc) is 2.70. The fraction of sp³-hybridized carbons (Fsp3) is 0.273. The summed E-state index contributed by atoms with van der Waals surface area (Å²) in [5.41, 5.74) is 5.72. The van der Waals surface area contributed by atoms with Crippen LogP contribution in [0.1, 0.15) is 30.0 Å². The lowest BCUT2D eigenvalue weighted by atomic mass is 10.1. The van der Waals surface area contributed by atoms with Gasteiger partial charge in [0.1, 0.15) is 12.2 Å². The Morgan fingerprint density at radius 3 is 2.43 bits per heavy atom. The molecular weight excluding hydrogens is 386 g/mol. The Balaban J connectivity index is 1.77. The number of nitrogens with one attached hydrogen (secondary N) is 2. The third-order valence-electron chi connectivity index (χ3n) is 3.92. The van der Waals surface area contributed by atoms with E-state index in [-0.39, 0.29) is 13.0 Å². The number of rotatable bonds is 9. The minimum Gasteiger partial charge on any atom is -0.482 e. The largest absolute Gasteiger partial charge is 0.482 e. The number of hydrogen-bond donors (Lipinski definition) is 2. The van der Waals surface area contributed by atoms with E-state index in [1.165, 1.54) is 6.21 Å². The highest BCUT2D eigenvalue weighted by Crippen LogP contribution is 2.16. The van der Waals surface area contributed by atoms with Crippen LogP contribution in [0.5, 0.6) is 5.75 Å². The van der Waals surface area contributed by atoms with Crippen LogP contribution in [0.15, 0.2) is 47.6 Å². The van der Waals surface area contributed by atoms with Crippen LogP contribution in [-0.2, 0) is 19.1 Å². The smallest absolute Gasteiger partial charge is 0.344 e. The first kappa shape index (κ1) is 22.6. The Morgan fingerprint density at radius 1 is 1.03 bits per heavy atom. The molecule has 8 nitrogen and oxygen atoms in total. The molecule has 0 aliphatic heterocycles. The average molecular weight is 411 g/mol. The molecule has 2 aromatic carbocycles. The van der Waals surface area contributed by atoms with Crippen LogP contribution in [0.2, 0.25) is 0 Å². The molecule has 158 valence electrons. The van der Waals surface area contributed by atoms with Crippen molar-refractivity contribution < 1.29 is 23.9 Å². The maximum absolute atomic E-state index is 12.0. The van der Waals surface area contributed by atoms with Crippen molar-refractivity contribution in [3.05, 3.63) is 59.2 Å². The van der Waals surface area contributed by atoms with Gasteiger partial charge >= 0.3 is 5.97 Å². The second-order valence-electron chi connectivity index (χ2n) is 6.50. The quantitative estimate of drug-likeness (QED) is 0.286. The SMILES string of the molecule is CCOC(=O)COc1ccc(C=NNC(=O)CC(=O)Nc2ccc(C)cc2C)cc1. The van der Waals surface area contributed by atoms with Gasteiger partial charge in [-0.3, -0.25) is 9.59 Å². The summed E-state index contributed by atoms with van der Waals surface area (Å²) in [5, 5.41) is 6.55. The van der Waals surface area contributed by atoms with Crippen LogP contribution in [0.25, 0.3) is 0 Å². The van der Waals surface area contributed by atoms with Crippen molar-refractivity contribution in [2.24, 2.45) is 5.10 Å². The second-order valence-corrected chi connectivity index (χ2v) is 6.50. The van der Waals surface area contributed by atoms with E-state index in [4.69, 9.17) is 9.47 Å². The number of benzene rings is 2. The maximum Gasteiger partial charge on any atom is 0.344 e. The molecular formula is C22H25N3O5. The molecule has 2 amide bonds. The summed E-state index contributed by atoms with van der Waals surface area (Å²) >= 11 is 0. The van der Waals surface area contributed by atoms with Gasteiger partial charge in [0.15, 0.2) is 6.61 Å². The Labute approximate surface area is 175 Å². The summed E-state index contributed by atoms with van der Waals surface area (Å²) in [6, 6.07) is 12.4. The minimum atomic E-state index is -0.525. The molecule has 0 heterocycles. The van der Waals surface area contributed by atoms with Gasteiger partial charge in [-0.1, -0.05) is 17.7 Å². The first-order valence-corrected chi connectivity index (χ1v) is 9.45. The number of nitrogens with zero attached hydrogens (tertiary/aromatic N) is 1. The molecule has 0 radical (unpaired) electrons. The number of esters is 1. The van der Waals surface area contributed by atoms with Crippen LogP contribution >= 0.6 is 0 Å². The standard InChI is InChI=1S/C22H25N3O5/c1-4-29-22(28)14-30-18-8-6-17(7-9-18)13-23-25-21(27)12-20(26)24-19-10-5-15(2)11-16(19)3/h5-11,13H,4,12,14H2,1-3H3,(H,24,26)(H,25,27). The summed E-state index contributed by atoms with van der Waals surface area (Å²) in [7, 11) is 0. The van der Waals surface area contributed by atoms with Crippen LogP contribution in [-0.4, -0.2) is 37.2 Å². The van der Waals surface area contributed by atoms with Crippen LogP contribution in [0.3, 0.4) is 0 Å². The van der Waals surface area contributed by atoms with Crippen molar-refractivity contribution in [3.63, 3.8) is 0 Å². The molecule has 8 heteroatoms. The Morgan fingerprint density at radius 2 is 1.77 bits per heavy atom. The third kappa shape index (κ3) is 7.75. The van der Waals surface area contributed by atoms with Gasteiger partial charge in [-0.05, 0) is 62.2 Å². The Bertz CT molecular complexity index is 923. The van der Waals surface area contributed by atoms with Crippen molar-refractivity contribution in [2.75, 3.05) is 18.5 Å². The highest BCUT2D eigenvalue weighted by Gasteiger charge is 2.10. The zero-order valence-electron chi connectivity index (χ0n) is 17.2. The van der Waals surface area contributed by atoms with Gasteiger partial charge in [-0.15, -0.1) is 0 Å². The summed E-state index contributed by atoms with van der Waals surface area (Å²) in [5.74, 6) is -0.875. The van der Waals surface area contributed by atoms with Gasteiger partial charge in [-0.25, -0.2) is 10.2 Å². The number of hydrazone groups is 1. The molecule has 0 fully saturated rings. The highest BCUT2D eigenvalue weighted by atomic mass is 16.6. The molecule has 0 unspecified atom stereocenters. The second kappa shape index (κ2) is 11.4. The normalized spacial score (nSPS) is 10.5. The van der Waals surface area contributed by atoms with Gasteiger partial charge in [0.2, 0.25) is 11.8 Å². The molecule has 0 aliphatic carbocycles. The fourth-order valence-corrected chi connectivity index (χ4v) is 2.51. The summed E-state index contributed by atoms with van der Waals surface area (Å²) in [6.07, 6.45) is 1.10. The topological polar surface area (TPSA) is 106 Å². The van der Waals surface area contributed by atoms with Gasteiger partial charge in [-0.2, -0.15) is 5.10 Å². The Kier molecular flexibility index (Phi) is 8.56. The number of hydrogen-bond acceptors (Lipinski definition) is 6. The molecule has 2 N–H and O–H groups in total. The predicted molar refractivity (Wildman–Crippen MR) is 113 cm³/mol. The van der Waals surface area contributed by atoms with Crippen LogP contribution < -0.4 is 15.5 Å². The molecule has 30 heavy (non-hydrogen) atoms. The Hall–Kier alpha value is -3.68. The van der Waals surface area contributed by atoms with Crippen molar-refractivity contribution >= 4 is 29.7 Å².